The number of carbonyl (C=O) groups excluding carboxylic acids is 2. The number of aliphatic hydroxyl groups is 3. The Morgan fingerprint density at radius 1 is 1.08 bits per heavy atom. The SMILES string of the molecule is O=C[C@H](OSc1ccccc1C(=O)c1ccccc1)[C@@H](O)[C@H](O)CO. The second-order valence-corrected chi connectivity index (χ2v) is 6.01. The Morgan fingerprint density at radius 3 is 2.36 bits per heavy atom. The lowest BCUT2D eigenvalue weighted by Crippen LogP contribution is -2.41. The molecule has 0 aliphatic rings. The van der Waals surface area contributed by atoms with Crippen molar-refractivity contribution in [2.45, 2.75) is 23.2 Å². The molecular weight excluding hydrogens is 344 g/mol. The molecule has 0 amide bonds. The fourth-order valence-electron chi connectivity index (χ4n) is 2.07. The van der Waals surface area contributed by atoms with E-state index in [1.165, 1.54) is 0 Å². The molecule has 0 bridgehead atoms. The zero-order valence-electron chi connectivity index (χ0n) is 13.2. The van der Waals surface area contributed by atoms with Gasteiger partial charge in [0.15, 0.2) is 18.2 Å². The lowest BCUT2D eigenvalue weighted by atomic mass is 10.0. The Bertz CT molecular complexity index is 706. The van der Waals surface area contributed by atoms with Crippen molar-refractivity contribution in [3.8, 4) is 0 Å². The highest BCUT2D eigenvalue weighted by molar-refractivity contribution is 7.94. The molecule has 0 aliphatic carbocycles. The van der Waals surface area contributed by atoms with Crippen molar-refractivity contribution in [3.05, 3.63) is 65.7 Å². The molecule has 0 saturated heterocycles. The lowest BCUT2D eigenvalue weighted by molar-refractivity contribution is -0.123. The van der Waals surface area contributed by atoms with Crippen LogP contribution in [0, 0.1) is 0 Å². The van der Waals surface area contributed by atoms with Crippen LogP contribution in [0.1, 0.15) is 15.9 Å². The Morgan fingerprint density at radius 2 is 1.72 bits per heavy atom. The number of ketones is 1. The molecule has 0 aliphatic heterocycles. The Hall–Kier alpha value is -2.03. The first kappa shape index (κ1) is 19.3. The molecule has 2 aromatic rings. The van der Waals surface area contributed by atoms with E-state index >= 15 is 0 Å². The van der Waals surface area contributed by atoms with Gasteiger partial charge in [-0.2, -0.15) is 0 Å². The number of hydrogen-bond donors (Lipinski definition) is 3. The van der Waals surface area contributed by atoms with Crippen molar-refractivity contribution in [1.29, 1.82) is 0 Å². The van der Waals surface area contributed by atoms with Crippen molar-refractivity contribution in [2.75, 3.05) is 6.61 Å². The van der Waals surface area contributed by atoms with E-state index in [0.29, 0.717) is 22.3 Å². The molecule has 0 fully saturated rings. The van der Waals surface area contributed by atoms with E-state index in [9.17, 15) is 19.8 Å². The van der Waals surface area contributed by atoms with Crippen LogP contribution in [-0.2, 0) is 8.98 Å². The highest BCUT2D eigenvalue weighted by Gasteiger charge is 2.27. The third-order valence-electron chi connectivity index (χ3n) is 3.47. The second-order valence-electron chi connectivity index (χ2n) is 5.21. The summed E-state index contributed by atoms with van der Waals surface area (Å²) in [4.78, 5) is 24.1. The third-order valence-corrected chi connectivity index (χ3v) is 4.32. The molecule has 2 rings (SSSR count). The molecule has 0 spiro atoms. The molecule has 6 nitrogen and oxygen atoms in total. The second kappa shape index (κ2) is 9.45. The quantitative estimate of drug-likeness (QED) is 0.350. The summed E-state index contributed by atoms with van der Waals surface area (Å²) in [6.45, 7) is -0.706. The van der Waals surface area contributed by atoms with Gasteiger partial charge in [0.25, 0.3) is 0 Å². The van der Waals surface area contributed by atoms with Gasteiger partial charge in [-0.15, -0.1) is 0 Å². The number of carbonyl (C=O) groups is 2. The molecule has 0 heterocycles. The van der Waals surface area contributed by atoms with Crippen molar-refractivity contribution in [1.82, 2.24) is 0 Å². The third kappa shape index (κ3) is 4.97. The minimum Gasteiger partial charge on any atom is -0.394 e. The Labute approximate surface area is 149 Å². The lowest BCUT2D eigenvalue weighted by Gasteiger charge is -2.21. The predicted octanol–water partition coefficient (Wildman–Crippen LogP) is 1.22. The van der Waals surface area contributed by atoms with Crippen molar-refractivity contribution >= 4 is 24.1 Å². The summed E-state index contributed by atoms with van der Waals surface area (Å²) in [6, 6.07) is 15.4. The van der Waals surface area contributed by atoms with Crippen LogP contribution in [0.5, 0.6) is 0 Å². The first-order valence-electron chi connectivity index (χ1n) is 7.53. The van der Waals surface area contributed by atoms with Crippen LogP contribution in [0.3, 0.4) is 0 Å². The molecule has 132 valence electrons. The highest BCUT2D eigenvalue weighted by Crippen LogP contribution is 2.27. The van der Waals surface area contributed by atoms with E-state index in [-0.39, 0.29) is 5.78 Å². The predicted molar refractivity (Wildman–Crippen MR) is 92.2 cm³/mol. The monoisotopic (exact) mass is 362 g/mol. The van der Waals surface area contributed by atoms with Gasteiger partial charge in [0.2, 0.25) is 0 Å². The van der Waals surface area contributed by atoms with Gasteiger partial charge in [-0.25, -0.2) is 0 Å². The van der Waals surface area contributed by atoms with E-state index in [1.807, 2.05) is 6.07 Å². The molecule has 0 radical (unpaired) electrons. The molecule has 7 heteroatoms. The number of aliphatic hydroxyl groups excluding tert-OH is 3. The average molecular weight is 362 g/mol. The molecule has 3 atom stereocenters. The Balaban J connectivity index is 2.15. The summed E-state index contributed by atoms with van der Waals surface area (Å²) in [6.07, 6.45) is -4.10. The molecule has 0 unspecified atom stereocenters. The van der Waals surface area contributed by atoms with Crippen LogP contribution in [0.25, 0.3) is 0 Å². The maximum absolute atomic E-state index is 12.6. The van der Waals surface area contributed by atoms with Crippen LogP contribution in [0.4, 0.5) is 0 Å². The average Bonchev–Trinajstić information content (AvgIpc) is 2.68. The largest absolute Gasteiger partial charge is 0.394 e. The molecule has 25 heavy (non-hydrogen) atoms. The molecule has 0 aromatic heterocycles. The number of benzene rings is 2. The van der Waals surface area contributed by atoms with Gasteiger partial charge in [0.1, 0.15) is 12.2 Å². The van der Waals surface area contributed by atoms with Crippen LogP contribution in [-0.4, -0.2) is 52.3 Å². The first-order chi connectivity index (χ1) is 12.1. The molecular formula is C18H18O6S. The van der Waals surface area contributed by atoms with E-state index in [0.717, 1.165) is 12.0 Å². The van der Waals surface area contributed by atoms with Crippen LogP contribution in [0.2, 0.25) is 0 Å². The number of aldehydes is 1. The van der Waals surface area contributed by atoms with Crippen molar-refractivity contribution in [2.24, 2.45) is 0 Å². The summed E-state index contributed by atoms with van der Waals surface area (Å²) in [5.41, 5.74) is 0.902. The van der Waals surface area contributed by atoms with Gasteiger partial charge in [0.05, 0.1) is 6.61 Å². The fraction of sp³-hybridized carbons (Fsp3) is 0.222. The topological polar surface area (TPSA) is 104 Å². The molecule has 3 N–H and O–H groups in total. The number of rotatable bonds is 9. The van der Waals surface area contributed by atoms with Gasteiger partial charge in [-0.1, -0.05) is 42.5 Å². The van der Waals surface area contributed by atoms with Gasteiger partial charge in [-0.3, -0.25) is 8.98 Å². The van der Waals surface area contributed by atoms with Gasteiger partial charge in [0, 0.05) is 28.1 Å². The summed E-state index contributed by atoms with van der Waals surface area (Å²) < 4.78 is 5.26. The van der Waals surface area contributed by atoms with Crippen LogP contribution in [0.15, 0.2) is 59.5 Å². The van der Waals surface area contributed by atoms with Crippen molar-refractivity contribution in [3.63, 3.8) is 0 Å². The van der Waals surface area contributed by atoms with E-state index in [1.54, 1.807) is 48.5 Å². The normalized spacial score (nSPS) is 14.5. The first-order valence-corrected chi connectivity index (χ1v) is 8.27. The number of hydrogen-bond acceptors (Lipinski definition) is 7. The highest BCUT2D eigenvalue weighted by atomic mass is 32.2. The molecule has 0 saturated carbocycles. The fourth-order valence-corrected chi connectivity index (χ4v) is 2.82. The van der Waals surface area contributed by atoms with Crippen LogP contribution >= 0.6 is 12.0 Å². The van der Waals surface area contributed by atoms with E-state index in [4.69, 9.17) is 9.29 Å². The van der Waals surface area contributed by atoms with E-state index < -0.39 is 24.9 Å². The maximum Gasteiger partial charge on any atom is 0.194 e. The zero-order chi connectivity index (χ0) is 18.2. The Kier molecular flexibility index (Phi) is 7.30. The maximum atomic E-state index is 12.6. The van der Waals surface area contributed by atoms with E-state index in [2.05, 4.69) is 0 Å². The van der Waals surface area contributed by atoms with Crippen LogP contribution < -0.4 is 0 Å². The summed E-state index contributed by atoms with van der Waals surface area (Å²) in [5.74, 6) is -0.203. The smallest absolute Gasteiger partial charge is 0.194 e. The summed E-state index contributed by atoms with van der Waals surface area (Å²) >= 11 is 0.754. The summed E-state index contributed by atoms with van der Waals surface area (Å²) in [5, 5.41) is 28.0. The standard InChI is InChI=1S/C18H18O6S/c19-10-14(21)18(23)15(11-20)24-25-16-9-5-4-8-13(16)17(22)12-6-2-1-3-7-12/h1-9,11,14-15,18-19,21,23H,10H2/t14-,15+,18+/m1/s1. The van der Waals surface area contributed by atoms with Crippen molar-refractivity contribution < 1.29 is 29.1 Å². The van der Waals surface area contributed by atoms with Gasteiger partial charge in [-0.05, 0) is 12.1 Å². The minimum atomic E-state index is -1.58. The van der Waals surface area contributed by atoms with Gasteiger partial charge < -0.3 is 20.1 Å². The molecule has 2 aromatic carbocycles. The minimum absolute atomic E-state index is 0.203. The zero-order valence-corrected chi connectivity index (χ0v) is 14.0. The summed E-state index contributed by atoms with van der Waals surface area (Å²) in [7, 11) is 0. The van der Waals surface area contributed by atoms with Gasteiger partial charge >= 0.3 is 0 Å².